The van der Waals surface area contributed by atoms with Gasteiger partial charge in [0.25, 0.3) is 0 Å². The molecule has 0 saturated heterocycles. The van der Waals surface area contributed by atoms with Crippen LogP contribution in [0.1, 0.15) is 19.3 Å². The quantitative estimate of drug-likeness (QED) is 0.580. The monoisotopic (exact) mass is 140 g/mol. The van der Waals surface area contributed by atoms with E-state index in [0.29, 0.717) is 12.8 Å². The van der Waals surface area contributed by atoms with Gasteiger partial charge in [0.15, 0.2) is 5.79 Å². The molecule has 0 radical (unpaired) electrons. The molecule has 54 valence electrons. The van der Waals surface area contributed by atoms with Crippen molar-refractivity contribution >= 4 is 0 Å². The molecule has 1 saturated carbocycles. The summed E-state index contributed by atoms with van der Waals surface area (Å²) in [4.78, 5) is 3.79. The predicted molar refractivity (Wildman–Crippen MR) is 35.2 cm³/mol. The van der Waals surface area contributed by atoms with Crippen LogP contribution in [0, 0.1) is 0 Å². The highest BCUT2D eigenvalue weighted by Gasteiger charge is 2.38. The normalized spacial score (nSPS) is 22.1. The lowest BCUT2D eigenvalue weighted by atomic mass is 9.90. The molecule has 0 amide bonds. The number of aromatic nitrogens is 2. The number of imidazole rings is 1. The van der Waals surface area contributed by atoms with Crippen LogP contribution in [0.25, 0.3) is 0 Å². The molecule has 2 rings (SSSR count). The Morgan fingerprint density at radius 3 is 2.70 bits per heavy atom. The summed E-state index contributed by atoms with van der Waals surface area (Å²) in [6.07, 6.45) is 7.11. The highest BCUT2D eigenvalue weighted by molar-refractivity contribution is 4.90. The van der Waals surface area contributed by atoms with Crippen LogP contribution in [0.5, 0.6) is 0 Å². The van der Waals surface area contributed by atoms with Gasteiger partial charge in [-0.1, -0.05) is 0 Å². The van der Waals surface area contributed by atoms with Gasteiger partial charge in [-0.05, 0) is 6.42 Å². The standard InChI is InChI=1S/C7H9FN2/c8-7(2-1-3-7)10-5-4-9-6-10/h4-6H,1-3H2. The zero-order valence-electron chi connectivity index (χ0n) is 5.63. The van der Waals surface area contributed by atoms with Gasteiger partial charge in [0.1, 0.15) is 0 Å². The Morgan fingerprint density at radius 2 is 2.30 bits per heavy atom. The first-order valence-electron chi connectivity index (χ1n) is 3.49. The molecule has 0 N–H and O–H groups in total. The van der Waals surface area contributed by atoms with E-state index in [4.69, 9.17) is 0 Å². The Morgan fingerprint density at radius 1 is 1.50 bits per heavy atom. The molecule has 0 atom stereocenters. The summed E-state index contributed by atoms with van der Waals surface area (Å²) < 4.78 is 14.9. The van der Waals surface area contributed by atoms with Crippen LogP contribution < -0.4 is 0 Å². The first-order chi connectivity index (χ1) is 4.81. The molecular weight excluding hydrogens is 131 g/mol. The van der Waals surface area contributed by atoms with Crippen LogP contribution >= 0.6 is 0 Å². The summed E-state index contributed by atoms with van der Waals surface area (Å²) in [5, 5.41) is 0. The largest absolute Gasteiger partial charge is 0.304 e. The van der Waals surface area contributed by atoms with Crippen molar-refractivity contribution in [1.29, 1.82) is 0 Å². The molecule has 2 nitrogen and oxygen atoms in total. The summed E-state index contributed by atoms with van der Waals surface area (Å²) in [6, 6.07) is 0. The molecule has 0 aliphatic heterocycles. The minimum atomic E-state index is -1.10. The van der Waals surface area contributed by atoms with Gasteiger partial charge in [-0.3, -0.25) is 0 Å². The minimum absolute atomic E-state index is 0.642. The van der Waals surface area contributed by atoms with Crippen molar-refractivity contribution in [2.24, 2.45) is 0 Å². The van der Waals surface area contributed by atoms with E-state index in [-0.39, 0.29) is 0 Å². The van der Waals surface area contributed by atoms with E-state index in [1.807, 2.05) is 0 Å². The topological polar surface area (TPSA) is 17.8 Å². The molecule has 1 fully saturated rings. The summed E-state index contributed by atoms with van der Waals surface area (Å²) in [7, 11) is 0. The highest BCUT2D eigenvalue weighted by Crippen LogP contribution is 2.39. The third kappa shape index (κ3) is 0.664. The molecule has 1 aromatic rings. The zero-order chi connectivity index (χ0) is 7.03. The molecule has 1 aliphatic carbocycles. The van der Waals surface area contributed by atoms with E-state index in [2.05, 4.69) is 4.98 Å². The molecule has 10 heavy (non-hydrogen) atoms. The smallest absolute Gasteiger partial charge is 0.187 e. The molecule has 0 bridgehead atoms. The van der Waals surface area contributed by atoms with Gasteiger partial charge in [0.2, 0.25) is 0 Å². The molecule has 1 aromatic heterocycles. The fourth-order valence-corrected chi connectivity index (χ4v) is 1.22. The Labute approximate surface area is 58.7 Å². The number of halogens is 1. The van der Waals surface area contributed by atoms with Gasteiger partial charge in [-0.25, -0.2) is 9.37 Å². The van der Waals surface area contributed by atoms with Crippen LogP contribution in [-0.4, -0.2) is 9.55 Å². The average Bonchev–Trinajstić information content (AvgIpc) is 2.33. The number of alkyl halides is 1. The molecule has 3 heteroatoms. The molecule has 1 heterocycles. The zero-order valence-corrected chi connectivity index (χ0v) is 5.63. The number of nitrogens with zero attached hydrogens (tertiary/aromatic N) is 2. The summed E-state index contributed by atoms with van der Waals surface area (Å²) in [5.74, 6) is -1.10. The van der Waals surface area contributed by atoms with Crippen molar-refractivity contribution in [3.63, 3.8) is 0 Å². The van der Waals surface area contributed by atoms with Gasteiger partial charge in [0, 0.05) is 25.2 Å². The SMILES string of the molecule is FC1(n2ccnc2)CCC1. The van der Waals surface area contributed by atoms with Gasteiger partial charge >= 0.3 is 0 Å². The second-order valence-corrected chi connectivity index (χ2v) is 2.74. The molecule has 0 unspecified atom stereocenters. The number of hydrogen-bond donors (Lipinski definition) is 0. The van der Waals surface area contributed by atoms with Crippen molar-refractivity contribution in [3.8, 4) is 0 Å². The van der Waals surface area contributed by atoms with E-state index in [9.17, 15) is 4.39 Å². The number of hydrogen-bond acceptors (Lipinski definition) is 1. The molecule has 0 aromatic carbocycles. The van der Waals surface area contributed by atoms with E-state index < -0.39 is 5.79 Å². The van der Waals surface area contributed by atoms with Crippen molar-refractivity contribution in [1.82, 2.24) is 9.55 Å². The summed E-state index contributed by atoms with van der Waals surface area (Å²) in [5.41, 5.74) is 0. The van der Waals surface area contributed by atoms with Crippen molar-refractivity contribution < 1.29 is 4.39 Å². The Bertz CT molecular complexity index is 214. The second kappa shape index (κ2) is 1.81. The maximum Gasteiger partial charge on any atom is 0.187 e. The van der Waals surface area contributed by atoms with Gasteiger partial charge in [-0.15, -0.1) is 0 Å². The third-order valence-electron chi connectivity index (χ3n) is 2.09. The van der Waals surface area contributed by atoms with Gasteiger partial charge in [-0.2, -0.15) is 0 Å². The number of rotatable bonds is 1. The summed E-state index contributed by atoms with van der Waals surface area (Å²) >= 11 is 0. The van der Waals surface area contributed by atoms with Crippen LogP contribution in [0.2, 0.25) is 0 Å². The lowest BCUT2D eigenvalue weighted by Crippen LogP contribution is -2.34. The van der Waals surface area contributed by atoms with Crippen LogP contribution in [-0.2, 0) is 5.79 Å². The lowest BCUT2D eigenvalue weighted by Gasteiger charge is -2.34. The molecule has 1 aliphatic rings. The van der Waals surface area contributed by atoms with E-state index >= 15 is 0 Å². The fourth-order valence-electron chi connectivity index (χ4n) is 1.22. The van der Waals surface area contributed by atoms with Gasteiger partial charge < -0.3 is 4.57 Å². The van der Waals surface area contributed by atoms with Crippen LogP contribution in [0.15, 0.2) is 18.7 Å². The maximum absolute atomic E-state index is 13.4. The van der Waals surface area contributed by atoms with Crippen molar-refractivity contribution in [2.75, 3.05) is 0 Å². The van der Waals surface area contributed by atoms with Crippen LogP contribution in [0.3, 0.4) is 0 Å². The Hall–Kier alpha value is -0.860. The second-order valence-electron chi connectivity index (χ2n) is 2.74. The minimum Gasteiger partial charge on any atom is -0.304 e. The average molecular weight is 140 g/mol. The van der Waals surface area contributed by atoms with E-state index in [1.165, 1.54) is 0 Å². The molecular formula is C7H9FN2. The first kappa shape index (κ1) is 5.89. The van der Waals surface area contributed by atoms with Crippen LogP contribution in [0.4, 0.5) is 4.39 Å². The predicted octanol–water partition coefficient (Wildman–Crippen LogP) is 1.69. The van der Waals surface area contributed by atoms with Crippen molar-refractivity contribution in [3.05, 3.63) is 18.7 Å². The Balaban J connectivity index is 2.27. The molecule has 0 spiro atoms. The highest BCUT2D eigenvalue weighted by atomic mass is 19.1. The third-order valence-corrected chi connectivity index (χ3v) is 2.09. The van der Waals surface area contributed by atoms with Crippen molar-refractivity contribution in [2.45, 2.75) is 25.1 Å². The fraction of sp³-hybridized carbons (Fsp3) is 0.571. The maximum atomic E-state index is 13.4. The first-order valence-corrected chi connectivity index (χ1v) is 3.49. The van der Waals surface area contributed by atoms with Gasteiger partial charge in [0.05, 0.1) is 6.33 Å². The lowest BCUT2D eigenvalue weighted by molar-refractivity contribution is -0.0190. The van der Waals surface area contributed by atoms with E-state index in [0.717, 1.165) is 6.42 Å². The Kier molecular flexibility index (Phi) is 1.07. The summed E-state index contributed by atoms with van der Waals surface area (Å²) in [6.45, 7) is 0. The van der Waals surface area contributed by atoms with E-state index in [1.54, 1.807) is 23.3 Å².